The molecule has 0 spiro atoms. The van der Waals surface area contributed by atoms with Crippen molar-refractivity contribution < 1.29 is 9.47 Å². The number of ether oxygens (including phenoxy) is 2. The zero-order chi connectivity index (χ0) is 19.3. The average Bonchev–Trinajstić information content (AvgIpc) is 2.70. The monoisotopic (exact) mass is 385 g/mol. The van der Waals surface area contributed by atoms with Gasteiger partial charge in [-0.3, -0.25) is 0 Å². The van der Waals surface area contributed by atoms with Crippen molar-refractivity contribution in [1.29, 1.82) is 0 Å². The van der Waals surface area contributed by atoms with Gasteiger partial charge in [0.25, 0.3) is 0 Å². The molecule has 0 aliphatic rings. The summed E-state index contributed by atoms with van der Waals surface area (Å²) in [6, 6.07) is 15.8. The minimum absolute atomic E-state index is 0.430. The van der Waals surface area contributed by atoms with Crippen LogP contribution in [0.5, 0.6) is 11.5 Å². The minimum Gasteiger partial charge on any atom is -0.493 e. The topological polar surface area (TPSA) is 69.2 Å². The fourth-order valence-electron chi connectivity index (χ4n) is 2.33. The molecule has 0 heterocycles. The van der Waals surface area contributed by atoms with E-state index in [4.69, 9.17) is 15.2 Å². The molecule has 2 rings (SSSR count). The van der Waals surface area contributed by atoms with Gasteiger partial charge >= 0.3 is 0 Å². The normalized spacial score (nSPS) is 11.7. The number of rotatable bonds is 10. The van der Waals surface area contributed by atoms with E-state index in [9.17, 15) is 0 Å². The molecule has 6 heteroatoms. The molecule has 0 radical (unpaired) electrons. The molecule has 27 heavy (non-hydrogen) atoms. The van der Waals surface area contributed by atoms with Gasteiger partial charge in [-0.15, -0.1) is 5.10 Å². The van der Waals surface area contributed by atoms with Gasteiger partial charge in [-0.25, -0.2) is 0 Å². The third kappa shape index (κ3) is 7.74. The van der Waals surface area contributed by atoms with Gasteiger partial charge < -0.3 is 15.2 Å². The van der Waals surface area contributed by atoms with Crippen molar-refractivity contribution in [2.75, 3.05) is 13.7 Å². The lowest BCUT2D eigenvalue weighted by Crippen LogP contribution is -2.06. The summed E-state index contributed by atoms with van der Waals surface area (Å²) in [5, 5.41) is 8.56. The summed E-state index contributed by atoms with van der Waals surface area (Å²) in [7, 11) is 1.64. The van der Waals surface area contributed by atoms with Gasteiger partial charge in [0.05, 0.1) is 19.9 Å². The Morgan fingerprint density at radius 1 is 1.11 bits per heavy atom. The summed E-state index contributed by atoms with van der Waals surface area (Å²) in [4.78, 5) is 0. The van der Waals surface area contributed by atoms with E-state index >= 15 is 0 Å². The predicted molar refractivity (Wildman–Crippen MR) is 115 cm³/mol. The molecule has 0 aliphatic heterocycles. The van der Waals surface area contributed by atoms with E-state index in [-0.39, 0.29) is 0 Å². The van der Waals surface area contributed by atoms with E-state index in [1.807, 2.05) is 36.4 Å². The first-order valence-corrected chi connectivity index (χ1v) is 10.1. The second kappa shape index (κ2) is 12.0. The number of unbranched alkanes of at least 4 members (excludes halogenated alkanes) is 2. The van der Waals surface area contributed by atoms with Crippen LogP contribution in [-0.4, -0.2) is 25.1 Å². The molecule has 2 aromatic carbocycles. The Bertz CT molecular complexity index is 748. The maximum Gasteiger partial charge on any atom is 0.180 e. The Labute approximate surface area is 165 Å². The zero-order valence-corrected chi connectivity index (χ0v) is 16.7. The summed E-state index contributed by atoms with van der Waals surface area (Å²) >= 11 is 1.46. The number of nitrogens with two attached hydrogens (primary N) is 1. The molecule has 0 aromatic heterocycles. The third-order valence-corrected chi connectivity index (χ3v) is 4.64. The first kappa shape index (κ1) is 20.8. The Morgan fingerprint density at radius 2 is 1.93 bits per heavy atom. The van der Waals surface area contributed by atoms with E-state index in [0.717, 1.165) is 30.6 Å². The van der Waals surface area contributed by atoms with Crippen LogP contribution in [0.2, 0.25) is 0 Å². The number of methoxy groups -OCH3 is 1. The van der Waals surface area contributed by atoms with Crippen LogP contribution in [0.15, 0.2) is 58.7 Å². The van der Waals surface area contributed by atoms with Crippen LogP contribution in [0, 0.1) is 0 Å². The number of thioether (sulfide) groups is 1. The summed E-state index contributed by atoms with van der Waals surface area (Å²) in [5.41, 5.74) is 7.99. The lowest BCUT2D eigenvalue weighted by Gasteiger charge is -2.11. The van der Waals surface area contributed by atoms with Gasteiger partial charge in [-0.2, -0.15) is 5.10 Å². The summed E-state index contributed by atoms with van der Waals surface area (Å²) in [6.45, 7) is 2.84. The van der Waals surface area contributed by atoms with Crippen molar-refractivity contribution in [3.05, 3.63) is 59.7 Å². The van der Waals surface area contributed by atoms with Crippen LogP contribution in [0.3, 0.4) is 0 Å². The molecular weight excluding hydrogens is 358 g/mol. The molecule has 0 saturated heterocycles. The van der Waals surface area contributed by atoms with Crippen molar-refractivity contribution in [3.8, 4) is 11.5 Å². The van der Waals surface area contributed by atoms with E-state index < -0.39 is 0 Å². The highest BCUT2D eigenvalue weighted by Gasteiger charge is 2.05. The maximum absolute atomic E-state index is 5.91. The molecule has 0 fully saturated rings. The van der Waals surface area contributed by atoms with Gasteiger partial charge in [0.2, 0.25) is 0 Å². The smallest absolute Gasteiger partial charge is 0.180 e. The van der Waals surface area contributed by atoms with Crippen LogP contribution >= 0.6 is 11.8 Å². The number of hydrogen-bond acceptors (Lipinski definition) is 5. The van der Waals surface area contributed by atoms with Crippen LogP contribution in [-0.2, 0) is 5.75 Å². The van der Waals surface area contributed by atoms with Gasteiger partial charge in [0.15, 0.2) is 16.7 Å². The van der Waals surface area contributed by atoms with Gasteiger partial charge in [-0.1, -0.05) is 61.9 Å². The average molecular weight is 386 g/mol. The molecule has 2 aromatic rings. The number of amidine groups is 1. The SMILES string of the molecule is CCCCCOc1cc(C=NN=C(N)SCc2ccccc2)ccc1OC. The molecule has 0 bridgehead atoms. The molecule has 2 N–H and O–H groups in total. The standard InChI is InChI=1S/C21H27N3O2S/c1-3-4-8-13-26-20-14-18(11-12-19(20)25-2)15-23-24-21(22)27-16-17-9-6-5-7-10-17/h5-7,9-12,14-15H,3-4,8,13,16H2,1-2H3,(H2,22,24). The molecule has 0 unspecified atom stereocenters. The summed E-state index contributed by atoms with van der Waals surface area (Å²) in [6.07, 6.45) is 5.00. The fourth-order valence-corrected chi connectivity index (χ4v) is 2.95. The summed E-state index contributed by atoms with van der Waals surface area (Å²) in [5.74, 6) is 2.20. The first-order valence-electron chi connectivity index (χ1n) is 9.07. The second-order valence-electron chi connectivity index (χ2n) is 5.92. The minimum atomic E-state index is 0.430. The van der Waals surface area contributed by atoms with Crippen molar-refractivity contribution in [1.82, 2.24) is 0 Å². The third-order valence-electron chi connectivity index (χ3n) is 3.79. The van der Waals surface area contributed by atoms with E-state index in [1.165, 1.54) is 17.3 Å². The highest BCUT2D eigenvalue weighted by Crippen LogP contribution is 2.27. The van der Waals surface area contributed by atoms with Crippen molar-refractivity contribution in [2.45, 2.75) is 31.9 Å². The lowest BCUT2D eigenvalue weighted by molar-refractivity contribution is 0.286. The predicted octanol–water partition coefficient (Wildman–Crippen LogP) is 4.85. The van der Waals surface area contributed by atoms with Gasteiger partial charge in [0.1, 0.15) is 0 Å². The number of hydrogen-bond donors (Lipinski definition) is 1. The maximum atomic E-state index is 5.91. The fraction of sp³-hybridized carbons (Fsp3) is 0.333. The molecule has 5 nitrogen and oxygen atoms in total. The lowest BCUT2D eigenvalue weighted by atomic mass is 10.2. The van der Waals surface area contributed by atoms with E-state index in [1.54, 1.807) is 13.3 Å². The van der Waals surface area contributed by atoms with Crippen LogP contribution < -0.4 is 15.2 Å². The first-order chi connectivity index (χ1) is 13.2. The van der Waals surface area contributed by atoms with Crippen molar-refractivity contribution in [3.63, 3.8) is 0 Å². The van der Waals surface area contributed by atoms with Crippen LogP contribution in [0.1, 0.15) is 37.3 Å². The molecule has 0 saturated carbocycles. The molecular formula is C21H27N3O2S. The van der Waals surface area contributed by atoms with Crippen molar-refractivity contribution in [2.24, 2.45) is 15.9 Å². The Morgan fingerprint density at radius 3 is 2.67 bits per heavy atom. The zero-order valence-electron chi connectivity index (χ0n) is 15.9. The van der Waals surface area contributed by atoms with E-state index in [2.05, 4.69) is 29.3 Å². The van der Waals surface area contributed by atoms with Gasteiger partial charge in [0, 0.05) is 5.75 Å². The highest BCUT2D eigenvalue weighted by atomic mass is 32.2. The quantitative estimate of drug-likeness (QED) is 0.275. The number of benzene rings is 2. The summed E-state index contributed by atoms with van der Waals surface area (Å²) < 4.78 is 11.2. The Balaban J connectivity index is 1.92. The van der Waals surface area contributed by atoms with Crippen LogP contribution in [0.4, 0.5) is 0 Å². The largest absolute Gasteiger partial charge is 0.493 e. The van der Waals surface area contributed by atoms with E-state index in [0.29, 0.717) is 23.3 Å². The Kier molecular flexibility index (Phi) is 9.27. The molecule has 0 amide bonds. The number of nitrogens with zero attached hydrogens (tertiary/aromatic N) is 2. The molecule has 144 valence electrons. The van der Waals surface area contributed by atoms with Crippen molar-refractivity contribution >= 4 is 23.1 Å². The molecule has 0 aliphatic carbocycles. The van der Waals surface area contributed by atoms with Gasteiger partial charge in [-0.05, 0) is 35.7 Å². The van der Waals surface area contributed by atoms with Crippen LogP contribution in [0.25, 0.3) is 0 Å². The molecule has 0 atom stereocenters. The Hall–Kier alpha value is -2.47. The highest BCUT2D eigenvalue weighted by molar-refractivity contribution is 8.13. The second-order valence-corrected chi connectivity index (χ2v) is 6.92.